The average Bonchev–Trinajstić information content (AvgIpc) is 2.41. The fourth-order valence-corrected chi connectivity index (χ4v) is 1.89. The van der Waals surface area contributed by atoms with Crippen molar-refractivity contribution >= 4 is 11.9 Å². The van der Waals surface area contributed by atoms with Crippen LogP contribution in [0.5, 0.6) is 5.75 Å². The van der Waals surface area contributed by atoms with Gasteiger partial charge in [-0.3, -0.25) is 9.59 Å². The molecule has 0 atom stereocenters. The van der Waals surface area contributed by atoms with Crippen LogP contribution < -0.4 is 4.74 Å². The third-order valence-corrected chi connectivity index (χ3v) is 3.00. The van der Waals surface area contributed by atoms with Crippen LogP contribution >= 0.6 is 0 Å². The van der Waals surface area contributed by atoms with Crippen molar-refractivity contribution in [2.24, 2.45) is 0 Å². The molecule has 21 heavy (non-hydrogen) atoms. The van der Waals surface area contributed by atoms with Crippen molar-refractivity contribution in [3.05, 3.63) is 29.3 Å². The van der Waals surface area contributed by atoms with Gasteiger partial charge in [-0.25, -0.2) is 0 Å². The largest absolute Gasteiger partial charge is 0.493 e. The molecule has 1 aromatic carbocycles. The van der Waals surface area contributed by atoms with Crippen LogP contribution in [0.15, 0.2) is 18.2 Å². The first kappa shape index (κ1) is 17.0. The van der Waals surface area contributed by atoms with Crippen molar-refractivity contribution in [1.29, 1.82) is 0 Å². The number of hydrogen-bond donors (Lipinski definition) is 0. The molecule has 0 aliphatic rings. The summed E-state index contributed by atoms with van der Waals surface area (Å²) >= 11 is 0. The molecule has 0 fully saturated rings. The van der Waals surface area contributed by atoms with Crippen LogP contribution in [-0.4, -0.2) is 43.6 Å². The van der Waals surface area contributed by atoms with Crippen molar-refractivity contribution in [2.45, 2.75) is 27.2 Å². The van der Waals surface area contributed by atoms with E-state index < -0.39 is 5.97 Å². The normalized spacial score (nSPS) is 10.1. The Bertz CT molecular complexity index is 499. The third-order valence-electron chi connectivity index (χ3n) is 3.00. The van der Waals surface area contributed by atoms with Crippen molar-refractivity contribution < 1.29 is 19.1 Å². The first-order chi connectivity index (χ1) is 9.93. The maximum atomic E-state index is 11.9. The van der Waals surface area contributed by atoms with Crippen LogP contribution in [0, 0.1) is 13.8 Å². The van der Waals surface area contributed by atoms with E-state index in [4.69, 9.17) is 9.47 Å². The summed E-state index contributed by atoms with van der Waals surface area (Å²) in [5.74, 6) is 0.234. The van der Waals surface area contributed by atoms with E-state index in [1.54, 1.807) is 14.0 Å². The van der Waals surface area contributed by atoms with Crippen molar-refractivity contribution in [3.8, 4) is 5.75 Å². The lowest BCUT2D eigenvalue weighted by molar-refractivity contribution is -0.148. The van der Waals surface area contributed by atoms with Crippen LogP contribution in [0.4, 0.5) is 0 Å². The summed E-state index contributed by atoms with van der Waals surface area (Å²) in [6.07, 6.45) is 0.225. The number of rotatable bonds is 7. The van der Waals surface area contributed by atoms with E-state index in [9.17, 15) is 9.59 Å². The molecule has 0 aliphatic carbocycles. The van der Waals surface area contributed by atoms with Crippen LogP contribution in [0.3, 0.4) is 0 Å². The molecule has 0 bridgehead atoms. The van der Waals surface area contributed by atoms with Gasteiger partial charge in [0.15, 0.2) is 0 Å². The molecule has 0 N–H and O–H groups in total. The van der Waals surface area contributed by atoms with Crippen LogP contribution in [0.1, 0.15) is 24.5 Å². The summed E-state index contributed by atoms with van der Waals surface area (Å²) in [6, 6.07) is 5.90. The number of hydrogen-bond acceptors (Lipinski definition) is 4. The minimum Gasteiger partial charge on any atom is -0.493 e. The van der Waals surface area contributed by atoms with E-state index in [1.165, 1.54) is 10.5 Å². The van der Waals surface area contributed by atoms with Gasteiger partial charge < -0.3 is 14.4 Å². The fourth-order valence-electron chi connectivity index (χ4n) is 1.89. The highest BCUT2D eigenvalue weighted by Gasteiger charge is 2.13. The van der Waals surface area contributed by atoms with E-state index in [0.717, 1.165) is 11.3 Å². The Kier molecular flexibility index (Phi) is 6.72. The lowest BCUT2D eigenvalue weighted by atomic mass is 10.1. The molecule has 0 spiro atoms. The molecule has 0 aliphatic heterocycles. The first-order valence-electron chi connectivity index (χ1n) is 7.03. The molecular formula is C16H23NO4. The number of esters is 1. The Hall–Kier alpha value is -2.04. The minimum atomic E-state index is -0.399. The summed E-state index contributed by atoms with van der Waals surface area (Å²) in [5, 5.41) is 0. The van der Waals surface area contributed by atoms with Gasteiger partial charge in [0, 0.05) is 7.05 Å². The molecule has 0 saturated carbocycles. The van der Waals surface area contributed by atoms with Gasteiger partial charge in [-0.1, -0.05) is 17.7 Å². The zero-order chi connectivity index (χ0) is 15.8. The van der Waals surface area contributed by atoms with E-state index in [2.05, 4.69) is 0 Å². The number of likely N-dealkylation sites (N-methyl/N-ethyl adjacent to an activating group) is 1. The molecule has 0 aromatic heterocycles. The zero-order valence-electron chi connectivity index (χ0n) is 13.1. The molecule has 116 valence electrons. The summed E-state index contributed by atoms with van der Waals surface area (Å²) in [6.45, 7) is 6.29. The quantitative estimate of drug-likeness (QED) is 0.722. The van der Waals surface area contributed by atoms with Gasteiger partial charge in [0.2, 0.25) is 5.91 Å². The molecule has 5 heteroatoms. The molecular weight excluding hydrogens is 270 g/mol. The van der Waals surface area contributed by atoms with Gasteiger partial charge in [0.1, 0.15) is 12.3 Å². The maximum Gasteiger partial charge on any atom is 0.325 e. The standard InChI is InChI=1S/C16H23NO4/c1-5-20-16(19)11-17(4)15(18)8-9-21-14-7-6-12(2)10-13(14)3/h6-7,10H,5,8-9,11H2,1-4H3. The van der Waals surface area contributed by atoms with Crippen LogP contribution in [0.25, 0.3) is 0 Å². The van der Waals surface area contributed by atoms with Gasteiger partial charge in [-0.15, -0.1) is 0 Å². The Morgan fingerprint density at radius 3 is 2.57 bits per heavy atom. The summed E-state index contributed by atoms with van der Waals surface area (Å²) in [7, 11) is 1.58. The second kappa shape index (κ2) is 8.29. The molecule has 0 saturated heterocycles. The lowest BCUT2D eigenvalue weighted by Gasteiger charge is -2.16. The molecule has 1 aromatic rings. The molecule has 1 rings (SSSR count). The molecule has 0 radical (unpaired) electrons. The molecule has 0 heterocycles. The smallest absolute Gasteiger partial charge is 0.325 e. The fraction of sp³-hybridized carbons (Fsp3) is 0.500. The summed E-state index contributed by atoms with van der Waals surface area (Å²) in [4.78, 5) is 24.5. The topological polar surface area (TPSA) is 55.8 Å². The lowest BCUT2D eigenvalue weighted by Crippen LogP contribution is -2.33. The number of carbonyl (C=O) groups excluding carboxylic acids is 2. The van der Waals surface area contributed by atoms with E-state index in [0.29, 0.717) is 6.61 Å². The van der Waals surface area contributed by atoms with Gasteiger partial charge in [-0.05, 0) is 32.4 Å². The van der Waals surface area contributed by atoms with E-state index in [-0.39, 0.29) is 25.5 Å². The molecule has 1 amide bonds. The van der Waals surface area contributed by atoms with Crippen molar-refractivity contribution in [3.63, 3.8) is 0 Å². The Labute approximate surface area is 125 Å². The van der Waals surface area contributed by atoms with Crippen molar-refractivity contribution in [2.75, 3.05) is 26.8 Å². The van der Waals surface area contributed by atoms with E-state index >= 15 is 0 Å². The number of nitrogens with zero attached hydrogens (tertiary/aromatic N) is 1. The number of benzene rings is 1. The SMILES string of the molecule is CCOC(=O)CN(C)C(=O)CCOc1ccc(C)cc1C. The Morgan fingerprint density at radius 1 is 1.24 bits per heavy atom. The highest BCUT2D eigenvalue weighted by atomic mass is 16.5. The summed E-state index contributed by atoms with van der Waals surface area (Å²) in [5.41, 5.74) is 2.22. The zero-order valence-corrected chi connectivity index (χ0v) is 13.1. The second-order valence-electron chi connectivity index (χ2n) is 4.92. The molecule has 5 nitrogen and oxygen atoms in total. The number of aryl methyl sites for hydroxylation is 2. The van der Waals surface area contributed by atoms with Crippen LogP contribution in [0.2, 0.25) is 0 Å². The monoisotopic (exact) mass is 293 g/mol. The van der Waals surface area contributed by atoms with Gasteiger partial charge >= 0.3 is 5.97 Å². The number of carbonyl (C=O) groups is 2. The van der Waals surface area contributed by atoms with Gasteiger partial charge in [-0.2, -0.15) is 0 Å². The number of ether oxygens (including phenoxy) is 2. The first-order valence-corrected chi connectivity index (χ1v) is 7.03. The third kappa shape index (κ3) is 5.85. The highest BCUT2D eigenvalue weighted by molar-refractivity contribution is 5.81. The average molecular weight is 293 g/mol. The maximum absolute atomic E-state index is 11.9. The minimum absolute atomic E-state index is 0.0315. The Balaban J connectivity index is 2.37. The van der Waals surface area contributed by atoms with Gasteiger partial charge in [0.05, 0.1) is 19.6 Å². The number of amides is 1. The van der Waals surface area contributed by atoms with Crippen molar-refractivity contribution in [1.82, 2.24) is 4.90 Å². The summed E-state index contributed by atoms with van der Waals surface area (Å²) < 4.78 is 10.4. The van der Waals surface area contributed by atoms with Crippen LogP contribution in [-0.2, 0) is 14.3 Å². The highest BCUT2D eigenvalue weighted by Crippen LogP contribution is 2.18. The van der Waals surface area contributed by atoms with Gasteiger partial charge in [0.25, 0.3) is 0 Å². The predicted molar refractivity (Wildman–Crippen MR) is 80.3 cm³/mol. The second-order valence-corrected chi connectivity index (χ2v) is 4.92. The predicted octanol–water partition coefficient (Wildman–Crippen LogP) is 2.09. The Morgan fingerprint density at radius 2 is 1.95 bits per heavy atom. The molecule has 0 unspecified atom stereocenters. The van der Waals surface area contributed by atoms with E-state index in [1.807, 2.05) is 32.0 Å².